The largest absolute Gasteiger partial charge is 0.478 e. The van der Waals surface area contributed by atoms with Crippen molar-refractivity contribution in [3.8, 4) is 0 Å². The van der Waals surface area contributed by atoms with Gasteiger partial charge in [-0.15, -0.1) is 0 Å². The zero-order chi connectivity index (χ0) is 27.6. The van der Waals surface area contributed by atoms with Crippen LogP contribution in [0.1, 0.15) is 35.3 Å². The third-order valence-electron chi connectivity index (χ3n) is 6.42. The molecule has 0 radical (unpaired) electrons. The Hall–Kier alpha value is -3.70. The molecule has 38 heavy (non-hydrogen) atoms. The Balaban J connectivity index is 1.56. The van der Waals surface area contributed by atoms with Crippen molar-refractivity contribution in [1.29, 1.82) is 0 Å². The molecule has 0 aliphatic carbocycles. The Morgan fingerprint density at radius 3 is 2.39 bits per heavy atom. The number of sulfonamides is 1. The molecule has 1 aliphatic heterocycles. The van der Waals surface area contributed by atoms with E-state index in [-0.39, 0.29) is 28.1 Å². The number of amides is 1. The summed E-state index contributed by atoms with van der Waals surface area (Å²) in [7, 11) is -3.87. The normalized spacial score (nSPS) is 14.6. The molecule has 3 aromatic rings. The SMILES string of the molecule is Cc1ccc(C)c(S(=O)(=O)Nc2ccc3nc(N4CCN(CC(=O)NC(C)C)CC4)cc(C(=O)O)c3c2)c1. The van der Waals surface area contributed by atoms with E-state index in [1.807, 2.05) is 31.7 Å². The molecule has 0 atom stereocenters. The first-order valence-electron chi connectivity index (χ1n) is 12.5. The van der Waals surface area contributed by atoms with Crippen LogP contribution in [0.5, 0.6) is 0 Å². The maximum absolute atomic E-state index is 13.1. The van der Waals surface area contributed by atoms with Gasteiger partial charge in [0.25, 0.3) is 10.0 Å². The Bertz CT molecular complexity index is 1480. The maximum Gasteiger partial charge on any atom is 0.336 e. The van der Waals surface area contributed by atoms with Crippen molar-refractivity contribution in [2.24, 2.45) is 0 Å². The summed E-state index contributed by atoms with van der Waals surface area (Å²) in [5, 5.41) is 13.2. The van der Waals surface area contributed by atoms with Crippen LogP contribution in [0.25, 0.3) is 10.9 Å². The van der Waals surface area contributed by atoms with E-state index in [2.05, 4.69) is 19.9 Å². The summed E-state index contributed by atoms with van der Waals surface area (Å²) in [6.07, 6.45) is 0. The zero-order valence-electron chi connectivity index (χ0n) is 22.0. The fraction of sp³-hybridized carbons (Fsp3) is 0.370. The zero-order valence-corrected chi connectivity index (χ0v) is 22.8. The molecule has 1 amide bonds. The lowest BCUT2D eigenvalue weighted by Gasteiger charge is -2.35. The molecule has 4 rings (SSSR count). The molecule has 1 aromatic heterocycles. The van der Waals surface area contributed by atoms with Gasteiger partial charge in [0, 0.05) is 43.3 Å². The second kappa shape index (κ2) is 11.0. The number of anilines is 2. The van der Waals surface area contributed by atoms with Crippen molar-refractivity contribution < 1.29 is 23.1 Å². The molecule has 0 saturated carbocycles. The molecule has 3 N–H and O–H groups in total. The highest BCUT2D eigenvalue weighted by Crippen LogP contribution is 2.28. The van der Waals surface area contributed by atoms with Crippen LogP contribution in [-0.2, 0) is 14.8 Å². The number of hydrogen-bond acceptors (Lipinski definition) is 7. The number of nitrogens with one attached hydrogen (secondary N) is 2. The number of benzene rings is 2. The van der Waals surface area contributed by atoms with E-state index in [0.29, 0.717) is 55.0 Å². The smallest absolute Gasteiger partial charge is 0.336 e. The van der Waals surface area contributed by atoms with Crippen LogP contribution in [0, 0.1) is 13.8 Å². The summed E-state index contributed by atoms with van der Waals surface area (Å²) < 4.78 is 28.7. The van der Waals surface area contributed by atoms with Crippen molar-refractivity contribution >= 4 is 44.3 Å². The molecule has 2 heterocycles. The summed E-state index contributed by atoms with van der Waals surface area (Å²) in [6, 6.07) is 11.5. The van der Waals surface area contributed by atoms with Gasteiger partial charge in [-0.25, -0.2) is 18.2 Å². The summed E-state index contributed by atoms with van der Waals surface area (Å²) in [5.41, 5.74) is 2.18. The van der Waals surface area contributed by atoms with E-state index in [1.165, 1.54) is 12.1 Å². The summed E-state index contributed by atoms with van der Waals surface area (Å²) in [5.74, 6) is -0.614. The minimum atomic E-state index is -3.87. The fourth-order valence-electron chi connectivity index (χ4n) is 4.53. The third kappa shape index (κ3) is 6.22. The number of carbonyl (C=O) groups is 2. The maximum atomic E-state index is 13.1. The number of fused-ring (bicyclic) bond motifs is 1. The molecule has 1 fully saturated rings. The molecule has 0 unspecified atom stereocenters. The molecule has 0 bridgehead atoms. The van der Waals surface area contributed by atoms with Gasteiger partial charge < -0.3 is 15.3 Å². The number of carbonyl (C=O) groups excluding carboxylic acids is 1. The predicted octanol–water partition coefficient (Wildman–Crippen LogP) is 3.00. The highest BCUT2D eigenvalue weighted by molar-refractivity contribution is 7.92. The molecule has 202 valence electrons. The first-order chi connectivity index (χ1) is 17.9. The molecule has 0 spiro atoms. The van der Waals surface area contributed by atoms with Crippen molar-refractivity contribution in [2.45, 2.75) is 38.6 Å². The Morgan fingerprint density at radius 1 is 1.03 bits per heavy atom. The monoisotopic (exact) mass is 539 g/mol. The first kappa shape index (κ1) is 27.3. The molecular formula is C27H33N5O5S. The quantitative estimate of drug-likeness (QED) is 0.398. The Labute approximate surface area is 222 Å². The molecule has 11 heteroatoms. The van der Waals surface area contributed by atoms with E-state index in [0.717, 1.165) is 5.56 Å². The number of aromatic nitrogens is 1. The van der Waals surface area contributed by atoms with E-state index in [4.69, 9.17) is 0 Å². The lowest BCUT2D eigenvalue weighted by molar-refractivity contribution is -0.122. The van der Waals surface area contributed by atoms with Gasteiger partial charge in [0.1, 0.15) is 5.82 Å². The van der Waals surface area contributed by atoms with Crippen molar-refractivity contribution in [3.05, 3.63) is 59.2 Å². The van der Waals surface area contributed by atoms with Crippen LogP contribution in [0.4, 0.5) is 11.5 Å². The van der Waals surface area contributed by atoms with Gasteiger partial charge in [-0.1, -0.05) is 12.1 Å². The lowest BCUT2D eigenvalue weighted by Crippen LogP contribution is -2.50. The predicted molar refractivity (Wildman–Crippen MR) is 147 cm³/mol. The van der Waals surface area contributed by atoms with Crippen LogP contribution >= 0.6 is 0 Å². The highest BCUT2D eigenvalue weighted by atomic mass is 32.2. The van der Waals surface area contributed by atoms with Gasteiger partial charge in [0.2, 0.25) is 5.91 Å². The topological polar surface area (TPSA) is 132 Å². The van der Waals surface area contributed by atoms with Gasteiger partial charge in [0.05, 0.1) is 22.5 Å². The standard InChI is InChI=1S/C27H33N5O5S/c1-17(2)28-26(33)16-31-9-11-32(12-10-31)25-15-22(27(34)35)21-14-20(7-8-23(21)29-25)30-38(36,37)24-13-18(3)5-6-19(24)4/h5-8,13-15,17,30H,9-12,16H2,1-4H3,(H,28,33)(H,34,35). The van der Waals surface area contributed by atoms with E-state index in [9.17, 15) is 23.1 Å². The number of rotatable bonds is 8. The van der Waals surface area contributed by atoms with Gasteiger partial charge in [-0.3, -0.25) is 14.4 Å². The Kier molecular flexibility index (Phi) is 7.89. The van der Waals surface area contributed by atoms with E-state index in [1.54, 1.807) is 31.2 Å². The van der Waals surface area contributed by atoms with Crippen LogP contribution in [-0.4, -0.2) is 74.1 Å². The highest BCUT2D eigenvalue weighted by Gasteiger charge is 2.23. The van der Waals surface area contributed by atoms with Crippen molar-refractivity contribution in [3.63, 3.8) is 0 Å². The third-order valence-corrected chi connectivity index (χ3v) is 7.95. The average Bonchev–Trinajstić information content (AvgIpc) is 2.84. The van der Waals surface area contributed by atoms with Gasteiger partial charge in [-0.2, -0.15) is 0 Å². The molecule has 2 aromatic carbocycles. The summed E-state index contributed by atoms with van der Waals surface area (Å²) in [4.78, 5) is 33.2. The number of piperazine rings is 1. The van der Waals surface area contributed by atoms with E-state index < -0.39 is 16.0 Å². The second-order valence-corrected chi connectivity index (χ2v) is 11.6. The number of nitrogens with zero attached hydrogens (tertiary/aromatic N) is 3. The Morgan fingerprint density at radius 2 is 1.74 bits per heavy atom. The molecular weight excluding hydrogens is 506 g/mol. The average molecular weight is 540 g/mol. The van der Waals surface area contributed by atoms with E-state index >= 15 is 0 Å². The summed E-state index contributed by atoms with van der Waals surface area (Å²) >= 11 is 0. The second-order valence-electron chi connectivity index (χ2n) is 9.92. The molecule has 10 nitrogen and oxygen atoms in total. The van der Waals surface area contributed by atoms with Gasteiger partial charge in [0.15, 0.2) is 0 Å². The number of carboxylic acid groups (broad SMARTS) is 1. The number of aromatic carboxylic acids is 1. The number of carboxylic acids is 1. The van der Waals surface area contributed by atoms with Crippen molar-refractivity contribution in [1.82, 2.24) is 15.2 Å². The minimum absolute atomic E-state index is 0.0190. The lowest BCUT2D eigenvalue weighted by atomic mass is 10.1. The number of hydrogen-bond donors (Lipinski definition) is 3. The van der Waals surface area contributed by atoms with Crippen LogP contribution in [0.3, 0.4) is 0 Å². The van der Waals surface area contributed by atoms with Crippen LogP contribution in [0.15, 0.2) is 47.4 Å². The van der Waals surface area contributed by atoms with Gasteiger partial charge in [-0.05, 0) is 69.2 Å². The number of aryl methyl sites for hydroxylation is 2. The van der Waals surface area contributed by atoms with Crippen LogP contribution in [0.2, 0.25) is 0 Å². The first-order valence-corrected chi connectivity index (χ1v) is 14.0. The fourth-order valence-corrected chi connectivity index (χ4v) is 5.91. The molecule has 1 saturated heterocycles. The van der Waals surface area contributed by atoms with Gasteiger partial charge >= 0.3 is 5.97 Å². The minimum Gasteiger partial charge on any atom is -0.478 e. The number of pyridine rings is 1. The summed E-state index contributed by atoms with van der Waals surface area (Å²) in [6.45, 7) is 10.2. The molecule has 1 aliphatic rings. The van der Waals surface area contributed by atoms with Crippen molar-refractivity contribution in [2.75, 3.05) is 42.3 Å². The van der Waals surface area contributed by atoms with Crippen LogP contribution < -0.4 is 14.9 Å².